The average molecular weight is 400 g/mol. The predicted molar refractivity (Wildman–Crippen MR) is 118 cm³/mol. The van der Waals surface area contributed by atoms with Gasteiger partial charge in [-0.25, -0.2) is 4.42 Å². The Morgan fingerprint density at radius 3 is 2.43 bits per heavy atom. The second-order valence-corrected chi connectivity index (χ2v) is 6.65. The molecule has 1 amide bonds. The van der Waals surface area contributed by atoms with E-state index < -0.39 is 0 Å². The number of rotatable bonds is 6. The molecule has 1 N–H and O–H groups in total. The molecular weight excluding hydrogens is 378 g/mol. The highest BCUT2D eigenvalue weighted by atomic mass is 16.5. The maximum Gasteiger partial charge on any atom is 0.402 e. The van der Waals surface area contributed by atoms with Gasteiger partial charge in [-0.05, 0) is 61.5 Å². The molecule has 0 atom stereocenters. The van der Waals surface area contributed by atoms with E-state index in [1.165, 1.54) is 0 Å². The van der Waals surface area contributed by atoms with Crippen molar-refractivity contribution in [3.63, 3.8) is 0 Å². The normalized spacial score (nSPS) is 10.6. The van der Waals surface area contributed by atoms with Crippen molar-refractivity contribution in [2.45, 2.75) is 6.92 Å². The molecule has 1 aromatic heterocycles. The van der Waals surface area contributed by atoms with Gasteiger partial charge in [0, 0.05) is 5.56 Å². The minimum atomic E-state index is -0.208. The molecule has 150 valence electrons. The van der Waals surface area contributed by atoms with Gasteiger partial charge >= 0.3 is 11.3 Å². The van der Waals surface area contributed by atoms with Crippen LogP contribution in [0.25, 0.3) is 22.3 Å². The monoisotopic (exact) mass is 400 g/mol. The van der Waals surface area contributed by atoms with Gasteiger partial charge in [-0.15, -0.1) is 0 Å². The second kappa shape index (κ2) is 8.66. The molecule has 3 aromatic carbocycles. The van der Waals surface area contributed by atoms with Crippen LogP contribution in [0.1, 0.15) is 17.3 Å². The number of carbonyl (C=O) groups is 1. The maximum absolute atomic E-state index is 12.8. The third-order valence-corrected chi connectivity index (χ3v) is 4.69. The van der Waals surface area contributed by atoms with Crippen molar-refractivity contribution in [1.29, 1.82) is 0 Å². The molecule has 0 radical (unpaired) electrons. The molecule has 5 heteroatoms. The Morgan fingerprint density at radius 1 is 0.967 bits per heavy atom. The molecule has 4 rings (SSSR count). The quantitative estimate of drug-likeness (QED) is 0.401. The Bertz CT molecular complexity index is 1170. The lowest BCUT2D eigenvalue weighted by molar-refractivity contribution is 0.102. The van der Waals surface area contributed by atoms with Crippen molar-refractivity contribution in [2.24, 2.45) is 0 Å². The van der Waals surface area contributed by atoms with Crippen LogP contribution in [0.5, 0.6) is 11.5 Å². The Kier molecular flexibility index (Phi) is 5.61. The molecule has 0 unspecified atom stereocenters. The van der Waals surface area contributed by atoms with E-state index in [4.69, 9.17) is 13.9 Å². The van der Waals surface area contributed by atoms with E-state index >= 15 is 0 Å². The number of carbonyl (C=O) groups excluding carboxylic acids is 1. The number of ether oxygens (including phenoxy) is 2. The van der Waals surface area contributed by atoms with Gasteiger partial charge in [0.1, 0.15) is 11.4 Å². The summed E-state index contributed by atoms with van der Waals surface area (Å²) in [5.74, 6) is 1.73. The van der Waals surface area contributed by atoms with Crippen LogP contribution in [-0.4, -0.2) is 19.6 Å². The third-order valence-electron chi connectivity index (χ3n) is 4.69. The molecule has 5 nitrogen and oxygen atoms in total. The highest BCUT2D eigenvalue weighted by molar-refractivity contribution is 6.07. The number of fused-ring (bicyclic) bond motifs is 1. The van der Waals surface area contributed by atoms with Crippen molar-refractivity contribution in [1.82, 2.24) is 0 Å². The largest absolute Gasteiger partial charge is 0.497 e. The summed E-state index contributed by atoms with van der Waals surface area (Å²) >= 11 is 0. The smallest absolute Gasteiger partial charge is 0.402 e. The van der Waals surface area contributed by atoms with E-state index in [0.29, 0.717) is 35.0 Å². The lowest BCUT2D eigenvalue weighted by Crippen LogP contribution is -2.12. The number of hydrogen-bond acceptors (Lipinski definition) is 3. The van der Waals surface area contributed by atoms with Gasteiger partial charge in [-0.1, -0.05) is 24.3 Å². The van der Waals surface area contributed by atoms with Gasteiger partial charge in [-0.2, -0.15) is 0 Å². The van der Waals surface area contributed by atoms with E-state index in [1.54, 1.807) is 19.2 Å². The van der Waals surface area contributed by atoms with E-state index in [1.807, 2.05) is 73.7 Å². The van der Waals surface area contributed by atoms with Crippen LogP contribution < -0.4 is 14.8 Å². The minimum Gasteiger partial charge on any atom is -0.497 e. The van der Waals surface area contributed by atoms with Crippen molar-refractivity contribution < 1.29 is 18.7 Å². The Balaban J connectivity index is 1.84. The van der Waals surface area contributed by atoms with Gasteiger partial charge in [0.15, 0.2) is 0 Å². The summed E-state index contributed by atoms with van der Waals surface area (Å²) in [4.78, 5) is 12.8. The fourth-order valence-electron chi connectivity index (χ4n) is 3.24. The summed E-state index contributed by atoms with van der Waals surface area (Å²) < 4.78 is 17.3. The summed E-state index contributed by atoms with van der Waals surface area (Å²) in [5, 5.41) is 3.83. The van der Waals surface area contributed by atoms with Crippen LogP contribution in [0, 0.1) is 0 Å². The Labute approximate surface area is 174 Å². The molecule has 0 aliphatic carbocycles. The zero-order valence-electron chi connectivity index (χ0n) is 16.8. The number of methoxy groups -OCH3 is 1. The highest BCUT2D eigenvalue weighted by Gasteiger charge is 2.26. The third kappa shape index (κ3) is 3.96. The molecule has 0 fully saturated rings. The van der Waals surface area contributed by atoms with Crippen LogP contribution in [0.3, 0.4) is 0 Å². The summed E-state index contributed by atoms with van der Waals surface area (Å²) in [5.41, 5.74) is 2.59. The van der Waals surface area contributed by atoms with E-state index in [2.05, 4.69) is 5.32 Å². The fourth-order valence-corrected chi connectivity index (χ4v) is 3.24. The number of anilines is 1. The molecular formula is C25H22NO4+. The van der Waals surface area contributed by atoms with E-state index in [9.17, 15) is 4.79 Å². The second-order valence-electron chi connectivity index (χ2n) is 6.65. The van der Waals surface area contributed by atoms with E-state index in [-0.39, 0.29) is 5.91 Å². The van der Waals surface area contributed by atoms with Crippen LogP contribution in [0.15, 0.2) is 83.3 Å². The number of nitrogens with one attached hydrogen (secondary N) is 1. The first-order valence-electron chi connectivity index (χ1n) is 9.73. The summed E-state index contributed by atoms with van der Waals surface area (Å²) in [6, 6.07) is 24.2. The lowest BCUT2D eigenvalue weighted by atomic mass is 10.1. The SMILES string of the molecule is CCOc1cccc2cc(NC(=O)c3ccccc3)c(-c3ccc(OC)cc3)[o+]c12. The van der Waals surface area contributed by atoms with Crippen LogP contribution in [0.2, 0.25) is 0 Å². The molecule has 30 heavy (non-hydrogen) atoms. The minimum absolute atomic E-state index is 0.208. The lowest BCUT2D eigenvalue weighted by Gasteiger charge is -2.07. The first kappa shape index (κ1) is 19.5. The molecule has 0 aliphatic heterocycles. The van der Waals surface area contributed by atoms with Crippen molar-refractivity contribution in [2.75, 3.05) is 19.0 Å². The topological polar surface area (TPSA) is 58.9 Å². The molecule has 0 saturated carbocycles. The molecule has 0 saturated heterocycles. The molecule has 1 heterocycles. The first-order valence-corrected chi connectivity index (χ1v) is 9.73. The fraction of sp³-hybridized carbons (Fsp3) is 0.120. The van der Waals surface area contributed by atoms with Crippen LogP contribution >= 0.6 is 0 Å². The first-order chi connectivity index (χ1) is 14.7. The number of hydrogen-bond donors (Lipinski definition) is 1. The Morgan fingerprint density at radius 2 is 1.73 bits per heavy atom. The zero-order valence-corrected chi connectivity index (χ0v) is 16.8. The van der Waals surface area contributed by atoms with Crippen LogP contribution in [-0.2, 0) is 0 Å². The standard InChI is InChI=1S/C25H21NO4/c1-3-29-22-11-7-10-19-16-21(26-25(27)18-8-5-4-6-9-18)23(30-24(19)22)17-12-14-20(28-2)15-13-17/h4-16H,3H2,1-2H3/p+1. The zero-order chi connectivity index (χ0) is 20.9. The predicted octanol–water partition coefficient (Wildman–Crippen LogP) is 6.04. The van der Waals surface area contributed by atoms with Gasteiger partial charge < -0.3 is 14.8 Å². The van der Waals surface area contributed by atoms with E-state index in [0.717, 1.165) is 16.7 Å². The summed E-state index contributed by atoms with van der Waals surface area (Å²) in [6.45, 7) is 2.46. The number of para-hydroxylation sites is 1. The summed E-state index contributed by atoms with van der Waals surface area (Å²) in [7, 11) is 1.62. The molecule has 0 spiro atoms. The van der Waals surface area contributed by atoms with Crippen LogP contribution in [0.4, 0.5) is 5.69 Å². The van der Waals surface area contributed by atoms with Gasteiger partial charge in [0.2, 0.25) is 5.75 Å². The van der Waals surface area contributed by atoms with Gasteiger partial charge in [0.05, 0.1) is 24.7 Å². The van der Waals surface area contributed by atoms with Crippen molar-refractivity contribution in [3.8, 4) is 22.8 Å². The van der Waals surface area contributed by atoms with Gasteiger partial charge in [0.25, 0.3) is 5.91 Å². The van der Waals surface area contributed by atoms with Crippen molar-refractivity contribution >= 4 is 22.6 Å². The van der Waals surface area contributed by atoms with Gasteiger partial charge in [-0.3, -0.25) is 4.79 Å². The number of amides is 1. The average Bonchev–Trinajstić information content (AvgIpc) is 2.80. The molecule has 4 aromatic rings. The summed E-state index contributed by atoms with van der Waals surface area (Å²) in [6.07, 6.45) is 0. The molecule has 0 aliphatic rings. The number of benzene rings is 3. The Hall–Kier alpha value is -3.86. The van der Waals surface area contributed by atoms with Crippen molar-refractivity contribution in [3.05, 3.63) is 84.4 Å². The molecule has 0 bridgehead atoms. The maximum atomic E-state index is 12.8. The highest BCUT2D eigenvalue weighted by Crippen LogP contribution is 2.37.